The van der Waals surface area contributed by atoms with Gasteiger partial charge in [-0.3, -0.25) is 0 Å². The SMILES string of the molecule is COc1ccccc1C(C)N(C)S(=O)(=O)c1ccc(C)c(C)c1. The number of sulfonamides is 1. The first-order chi connectivity index (χ1) is 10.8. The molecule has 0 amide bonds. The number of hydrogen-bond donors (Lipinski definition) is 0. The number of methoxy groups -OCH3 is 1. The van der Waals surface area contributed by atoms with Crippen molar-refractivity contribution in [2.24, 2.45) is 0 Å². The first-order valence-corrected chi connectivity index (χ1v) is 8.91. The summed E-state index contributed by atoms with van der Waals surface area (Å²) in [6, 6.07) is 12.3. The van der Waals surface area contributed by atoms with E-state index in [0.29, 0.717) is 10.6 Å². The van der Waals surface area contributed by atoms with Crippen LogP contribution in [-0.4, -0.2) is 26.9 Å². The zero-order valence-corrected chi connectivity index (χ0v) is 15.0. The zero-order valence-electron chi connectivity index (χ0n) is 14.2. The number of benzene rings is 2. The number of nitrogens with zero attached hydrogens (tertiary/aromatic N) is 1. The zero-order chi connectivity index (χ0) is 17.2. The fraction of sp³-hybridized carbons (Fsp3) is 0.333. The van der Waals surface area contributed by atoms with Gasteiger partial charge in [0.1, 0.15) is 5.75 Å². The molecule has 2 rings (SSSR count). The van der Waals surface area contributed by atoms with E-state index in [1.165, 1.54) is 4.31 Å². The summed E-state index contributed by atoms with van der Waals surface area (Å²) in [4.78, 5) is 0.310. The van der Waals surface area contributed by atoms with Gasteiger partial charge in [0, 0.05) is 12.6 Å². The van der Waals surface area contributed by atoms with Crippen molar-refractivity contribution in [2.45, 2.75) is 31.7 Å². The van der Waals surface area contributed by atoms with Crippen molar-refractivity contribution in [1.82, 2.24) is 4.31 Å². The van der Waals surface area contributed by atoms with Crippen LogP contribution in [0.1, 0.15) is 29.7 Å². The second-order valence-corrected chi connectivity index (χ2v) is 7.68. The molecule has 1 atom stereocenters. The maximum Gasteiger partial charge on any atom is 0.243 e. The summed E-state index contributed by atoms with van der Waals surface area (Å²) in [7, 11) is -0.387. The normalized spacial score (nSPS) is 13.1. The fourth-order valence-electron chi connectivity index (χ4n) is 2.46. The second kappa shape index (κ2) is 6.72. The lowest BCUT2D eigenvalue weighted by Gasteiger charge is -2.26. The smallest absolute Gasteiger partial charge is 0.243 e. The molecule has 0 aliphatic rings. The minimum absolute atomic E-state index is 0.310. The van der Waals surface area contributed by atoms with E-state index in [0.717, 1.165) is 16.7 Å². The van der Waals surface area contributed by atoms with E-state index in [-0.39, 0.29) is 6.04 Å². The van der Waals surface area contributed by atoms with Crippen LogP contribution in [-0.2, 0) is 10.0 Å². The molecule has 0 aromatic heterocycles. The molecule has 23 heavy (non-hydrogen) atoms. The van der Waals surface area contributed by atoms with Crippen molar-refractivity contribution in [1.29, 1.82) is 0 Å². The maximum atomic E-state index is 12.9. The van der Waals surface area contributed by atoms with E-state index < -0.39 is 10.0 Å². The van der Waals surface area contributed by atoms with E-state index in [1.54, 1.807) is 26.3 Å². The molecule has 2 aromatic carbocycles. The summed E-state index contributed by atoms with van der Waals surface area (Å²) in [6.07, 6.45) is 0. The highest BCUT2D eigenvalue weighted by Crippen LogP contribution is 2.31. The summed E-state index contributed by atoms with van der Waals surface area (Å²) < 4.78 is 32.5. The molecule has 2 aromatic rings. The van der Waals surface area contributed by atoms with Crippen LogP contribution >= 0.6 is 0 Å². The Morgan fingerprint density at radius 2 is 1.70 bits per heavy atom. The lowest BCUT2D eigenvalue weighted by atomic mass is 10.1. The van der Waals surface area contributed by atoms with Crippen LogP contribution < -0.4 is 4.74 Å². The molecular formula is C18H23NO3S. The Labute approximate surface area is 138 Å². The van der Waals surface area contributed by atoms with Gasteiger partial charge in [-0.05, 0) is 50.1 Å². The van der Waals surface area contributed by atoms with E-state index in [9.17, 15) is 8.42 Å². The van der Waals surface area contributed by atoms with Crippen molar-refractivity contribution in [2.75, 3.05) is 14.2 Å². The highest BCUT2D eigenvalue weighted by Gasteiger charge is 2.28. The van der Waals surface area contributed by atoms with Crippen molar-refractivity contribution in [3.05, 3.63) is 59.2 Å². The van der Waals surface area contributed by atoms with Gasteiger partial charge in [-0.1, -0.05) is 24.3 Å². The highest BCUT2D eigenvalue weighted by molar-refractivity contribution is 7.89. The molecule has 0 saturated carbocycles. The van der Waals surface area contributed by atoms with Gasteiger partial charge in [0.2, 0.25) is 10.0 Å². The molecular weight excluding hydrogens is 310 g/mol. The van der Waals surface area contributed by atoms with Crippen LogP contribution in [0.2, 0.25) is 0 Å². The van der Waals surface area contributed by atoms with Crippen molar-refractivity contribution in [3.63, 3.8) is 0 Å². The lowest BCUT2D eigenvalue weighted by Crippen LogP contribution is -2.30. The fourth-order valence-corrected chi connectivity index (χ4v) is 3.88. The Balaban J connectivity index is 2.41. The molecule has 0 saturated heterocycles. The van der Waals surface area contributed by atoms with Crippen LogP contribution in [0.4, 0.5) is 0 Å². The van der Waals surface area contributed by atoms with E-state index >= 15 is 0 Å². The van der Waals surface area contributed by atoms with Gasteiger partial charge < -0.3 is 4.74 Å². The van der Waals surface area contributed by atoms with Crippen LogP contribution in [0.25, 0.3) is 0 Å². The van der Waals surface area contributed by atoms with Crippen molar-refractivity contribution in [3.8, 4) is 5.75 Å². The summed E-state index contributed by atoms with van der Waals surface area (Å²) >= 11 is 0. The van der Waals surface area contributed by atoms with E-state index in [2.05, 4.69) is 0 Å². The minimum Gasteiger partial charge on any atom is -0.496 e. The third kappa shape index (κ3) is 3.41. The number of aryl methyl sites for hydroxylation is 2. The van der Waals surface area contributed by atoms with Gasteiger partial charge in [-0.25, -0.2) is 8.42 Å². The number of rotatable bonds is 5. The first kappa shape index (κ1) is 17.5. The summed E-state index contributed by atoms with van der Waals surface area (Å²) in [5, 5.41) is 0. The van der Waals surface area contributed by atoms with Crippen LogP contribution in [0.15, 0.2) is 47.4 Å². The summed E-state index contributed by atoms with van der Waals surface area (Å²) in [5.41, 5.74) is 2.87. The van der Waals surface area contributed by atoms with Crippen molar-refractivity contribution < 1.29 is 13.2 Å². The molecule has 0 spiro atoms. The molecule has 0 radical (unpaired) electrons. The molecule has 5 heteroatoms. The van der Waals surface area contributed by atoms with E-state index in [1.807, 2.05) is 51.1 Å². The average Bonchev–Trinajstić information content (AvgIpc) is 2.55. The van der Waals surface area contributed by atoms with Gasteiger partial charge in [-0.15, -0.1) is 0 Å². The van der Waals surface area contributed by atoms with Crippen LogP contribution in [0.5, 0.6) is 5.75 Å². The topological polar surface area (TPSA) is 46.6 Å². The molecule has 0 aliphatic heterocycles. The molecule has 0 bridgehead atoms. The average molecular weight is 333 g/mol. The Bertz CT molecular complexity index is 800. The molecule has 4 nitrogen and oxygen atoms in total. The van der Waals surface area contributed by atoms with Gasteiger partial charge in [0.15, 0.2) is 0 Å². The first-order valence-electron chi connectivity index (χ1n) is 7.47. The molecule has 124 valence electrons. The van der Waals surface area contributed by atoms with Gasteiger partial charge in [0.25, 0.3) is 0 Å². The van der Waals surface area contributed by atoms with Gasteiger partial charge in [-0.2, -0.15) is 4.31 Å². The quantitative estimate of drug-likeness (QED) is 0.838. The Morgan fingerprint density at radius 1 is 1.04 bits per heavy atom. The molecule has 0 fully saturated rings. The predicted octanol–water partition coefficient (Wildman–Crippen LogP) is 3.69. The lowest BCUT2D eigenvalue weighted by molar-refractivity contribution is 0.367. The van der Waals surface area contributed by atoms with Crippen LogP contribution in [0, 0.1) is 13.8 Å². The largest absolute Gasteiger partial charge is 0.496 e. The third-order valence-corrected chi connectivity index (χ3v) is 6.21. The van der Waals surface area contributed by atoms with E-state index in [4.69, 9.17) is 4.74 Å². The maximum absolute atomic E-state index is 12.9. The van der Waals surface area contributed by atoms with Crippen molar-refractivity contribution >= 4 is 10.0 Å². The molecule has 0 N–H and O–H groups in total. The predicted molar refractivity (Wildman–Crippen MR) is 92.3 cm³/mol. The molecule has 1 unspecified atom stereocenters. The number of ether oxygens (including phenoxy) is 1. The third-order valence-electron chi connectivity index (χ3n) is 4.29. The Kier molecular flexibility index (Phi) is 5.12. The van der Waals surface area contributed by atoms with Gasteiger partial charge >= 0.3 is 0 Å². The Hall–Kier alpha value is -1.85. The van der Waals surface area contributed by atoms with Gasteiger partial charge in [0.05, 0.1) is 18.0 Å². The Morgan fingerprint density at radius 3 is 2.30 bits per heavy atom. The molecule has 0 aliphatic carbocycles. The standard InChI is InChI=1S/C18H23NO3S/c1-13-10-11-16(12-14(13)2)23(20,21)19(4)15(3)17-8-6-7-9-18(17)22-5/h6-12,15H,1-5H3. The number of hydrogen-bond acceptors (Lipinski definition) is 3. The highest BCUT2D eigenvalue weighted by atomic mass is 32.2. The minimum atomic E-state index is -3.57. The second-order valence-electron chi connectivity index (χ2n) is 5.69. The summed E-state index contributed by atoms with van der Waals surface area (Å²) in [6.45, 7) is 5.74. The number of para-hydroxylation sites is 1. The molecule has 0 heterocycles. The monoisotopic (exact) mass is 333 g/mol. The summed E-state index contributed by atoms with van der Waals surface area (Å²) in [5.74, 6) is 0.683. The van der Waals surface area contributed by atoms with Crippen LogP contribution in [0.3, 0.4) is 0 Å².